The molecule has 1 aromatic heterocycles. The van der Waals surface area contributed by atoms with Gasteiger partial charge in [-0.2, -0.15) is 0 Å². The van der Waals surface area contributed by atoms with Crippen molar-refractivity contribution in [2.75, 3.05) is 5.73 Å². The Kier molecular flexibility index (Phi) is 3.47. The monoisotopic (exact) mass is 311 g/mol. The molecular weight excluding hydrogens is 294 g/mol. The molecule has 2 N–H and O–H groups in total. The van der Waals surface area contributed by atoms with Crippen molar-refractivity contribution >= 4 is 16.7 Å². The Labute approximate surface area is 140 Å². The van der Waals surface area contributed by atoms with E-state index in [4.69, 9.17) is 5.73 Å². The van der Waals surface area contributed by atoms with Gasteiger partial charge < -0.3 is 5.73 Å². The highest BCUT2D eigenvalue weighted by atomic mass is 15.0. The van der Waals surface area contributed by atoms with Crippen LogP contribution in [0.25, 0.3) is 33.3 Å². The summed E-state index contributed by atoms with van der Waals surface area (Å²) in [7, 11) is 0. The normalized spacial score (nSPS) is 10.9. The lowest BCUT2D eigenvalue weighted by Crippen LogP contribution is -1.99. The van der Waals surface area contributed by atoms with E-state index in [-0.39, 0.29) is 5.95 Å². The van der Waals surface area contributed by atoms with Gasteiger partial charge in [-0.15, -0.1) is 0 Å². The number of nitrogens with zero attached hydrogens (tertiary/aromatic N) is 2. The maximum Gasteiger partial charge on any atom is 0.221 e. The molecule has 0 atom stereocenters. The average molecular weight is 311 g/mol. The highest BCUT2D eigenvalue weighted by Gasteiger charge is 2.09. The number of anilines is 1. The summed E-state index contributed by atoms with van der Waals surface area (Å²) in [6, 6.07) is 24.8. The zero-order valence-corrected chi connectivity index (χ0v) is 13.4. The van der Waals surface area contributed by atoms with Gasteiger partial charge in [-0.05, 0) is 23.8 Å². The third kappa shape index (κ3) is 2.61. The number of hydrogen-bond donors (Lipinski definition) is 1. The molecule has 1 heterocycles. The minimum atomic E-state index is 0.288. The summed E-state index contributed by atoms with van der Waals surface area (Å²) in [5.74, 6) is 0.288. The van der Waals surface area contributed by atoms with E-state index in [1.54, 1.807) is 0 Å². The first-order valence-electron chi connectivity index (χ1n) is 7.90. The molecule has 0 fully saturated rings. The minimum Gasteiger partial charge on any atom is -0.368 e. The van der Waals surface area contributed by atoms with E-state index < -0.39 is 0 Å². The number of nitrogen functional groups attached to an aromatic ring is 1. The number of aromatic nitrogens is 2. The summed E-state index contributed by atoms with van der Waals surface area (Å²) in [4.78, 5) is 8.87. The first-order chi connectivity index (χ1) is 11.7. The molecule has 0 aliphatic carbocycles. The molecule has 116 valence electrons. The molecule has 3 heteroatoms. The number of benzene rings is 3. The molecule has 0 unspecified atom stereocenters. The van der Waals surface area contributed by atoms with E-state index in [1.807, 2.05) is 24.3 Å². The van der Waals surface area contributed by atoms with Crippen LogP contribution in [0.1, 0.15) is 5.56 Å². The van der Waals surface area contributed by atoms with E-state index in [9.17, 15) is 0 Å². The van der Waals surface area contributed by atoms with Crippen molar-refractivity contribution in [3.8, 4) is 22.5 Å². The summed E-state index contributed by atoms with van der Waals surface area (Å²) < 4.78 is 0. The van der Waals surface area contributed by atoms with Gasteiger partial charge in [-0.1, -0.05) is 72.3 Å². The summed E-state index contributed by atoms with van der Waals surface area (Å²) in [6.45, 7) is 2.07. The Morgan fingerprint density at radius 3 is 2.29 bits per heavy atom. The molecule has 0 amide bonds. The topological polar surface area (TPSA) is 51.8 Å². The Morgan fingerprint density at radius 1 is 0.750 bits per heavy atom. The predicted octanol–water partition coefficient (Wildman–Crippen LogP) is 4.85. The van der Waals surface area contributed by atoms with E-state index in [0.717, 1.165) is 27.9 Å². The second-order valence-electron chi connectivity index (χ2n) is 5.89. The van der Waals surface area contributed by atoms with Gasteiger partial charge in [0, 0.05) is 11.1 Å². The summed E-state index contributed by atoms with van der Waals surface area (Å²) in [5.41, 5.74) is 11.0. The van der Waals surface area contributed by atoms with Gasteiger partial charge in [-0.25, -0.2) is 9.97 Å². The molecule has 0 saturated heterocycles. The van der Waals surface area contributed by atoms with Crippen LogP contribution >= 0.6 is 0 Å². The second kappa shape index (κ2) is 5.78. The van der Waals surface area contributed by atoms with Crippen molar-refractivity contribution in [3.63, 3.8) is 0 Å². The van der Waals surface area contributed by atoms with Crippen molar-refractivity contribution in [2.24, 2.45) is 0 Å². The van der Waals surface area contributed by atoms with Crippen LogP contribution in [-0.2, 0) is 0 Å². The standard InChI is InChI=1S/C21H17N3/c1-14-9-11-16(12-10-14)19-13-20(24-21(22)23-19)18-8-4-6-15-5-2-3-7-17(15)18/h2-13H,1H3,(H2,22,23,24). The lowest BCUT2D eigenvalue weighted by atomic mass is 10.0. The molecule has 3 aromatic carbocycles. The number of fused-ring (bicyclic) bond motifs is 1. The van der Waals surface area contributed by atoms with Crippen LogP contribution in [0.2, 0.25) is 0 Å². The van der Waals surface area contributed by atoms with Crippen LogP contribution in [0, 0.1) is 6.92 Å². The first-order valence-corrected chi connectivity index (χ1v) is 7.90. The van der Waals surface area contributed by atoms with E-state index in [1.165, 1.54) is 10.9 Å². The molecule has 0 radical (unpaired) electrons. The smallest absolute Gasteiger partial charge is 0.221 e. The molecule has 0 bridgehead atoms. The zero-order valence-electron chi connectivity index (χ0n) is 13.4. The molecule has 0 saturated carbocycles. The minimum absolute atomic E-state index is 0.288. The highest BCUT2D eigenvalue weighted by molar-refractivity contribution is 5.96. The molecule has 24 heavy (non-hydrogen) atoms. The Morgan fingerprint density at radius 2 is 1.46 bits per heavy atom. The van der Waals surface area contributed by atoms with Crippen molar-refractivity contribution < 1.29 is 0 Å². The second-order valence-corrected chi connectivity index (χ2v) is 5.89. The van der Waals surface area contributed by atoms with Gasteiger partial charge in [-0.3, -0.25) is 0 Å². The summed E-state index contributed by atoms with van der Waals surface area (Å²) >= 11 is 0. The average Bonchev–Trinajstić information content (AvgIpc) is 2.61. The van der Waals surface area contributed by atoms with Crippen LogP contribution in [0.3, 0.4) is 0 Å². The molecule has 4 rings (SSSR count). The van der Waals surface area contributed by atoms with E-state index in [0.29, 0.717) is 0 Å². The lowest BCUT2D eigenvalue weighted by molar-refractivity contribution is 1.19. The Hall–Kier alpha value is -3.20. The van der Waals surface area contributed by atoms with E-state index in [2.05, 4.69) is 65.4 Å². The number of hydrogen-bond acceptors (Lipinski definition) is 3. The molecule has 4 aromatic rings. The van der Waals surface area contributed by atoms with Gasteiger partial charge in [0.1, 0.15) is 0 Å². The first kappa shape index (κ1) is 14.4. The van der Waals surface area contributed by atoms with Gasteiger partial charge in [0.15, 0.2) is 0 Å². The third-order valence-corrected chi connectivity index (χ3v) is 4.16. The number of nitrogens with two attached hydrogens (primary N) is 1. The van der Waals surface area contributed by atoms with Crippen molar-refractivity contribution in [1.29, 1.82) is 0 Å². The largest absolute Gasteiger partial charge is 0.368 e. The fraction of sp³-hybridized carbons (Fsp3) is 0.0476. The molecule has 0 aliphatic heterocycles. The van der Waals surface area contributed by atoms with Crippen molar-refractivity contribution in [1.82, 2.24) is 9.97 Å². The number of aryl methyl sites for hydroxylation is 1. The molecule has 0 spiro atoms. The van der Waals surface area contributed by atoms with Gasteiger partial charge in [0.2, 0.25) is 5.95 Å². The van der Waals surface area contributed by atoms with Crippen molar-refractivity contribution in [3.05, 3.63) is 78.4 Å². The highest BCUT2D eigenvalue weighted by Crippen LogP contribution is 2.30. The zero-order chi connectivity index (χ0) is 16.5. The SMILES string of the molecule is Cc1ccc(-c2cc(-c3cccc4ccccc34)nc(N)n2)cc1. The van der Waals surface area contributed by atoms with Crippen LogP contribution in [-0.4, -0.2) is 9.97 Å². The van der Waals surface area contributed by atoms with Gasteiger partial charge >= 0.3 is 0 Å². The third-order valence-electron chi connectivity index (χ3n) is 4.16. The maximum atomic E-state index is 5.99. The fourth-order valence-electron chi connectivity index (χ4n) is 2.92. The summed E-state index contributed by atoms with van der Waals surface area (Å²) in [6.07, 6.45) is 0. The predicted molar refractivity (Wildman–Crippen MR) is 99.6 cm³/mol. The lowest BCUT2D eigenvalue weighted by Gasteiger charge is -2.09. The number of rotatable bonds is 2. The molecule has 0 aliphatic rings. The van der Waals surface area contributed by atoms with Crippen LogP contribution in [0.5, 0.6) is 0 Å². The Balaban J connectivity index is 1.91. The summed E-state index contributed by atoms with van der Waals surface area (Å²) in [5, 5.41) is 2.34. The fourth-order valence-corrected chi connectivity index (χ4v) is 2.92. The van der Waals surface area contributed by atoms with E-state index >= 15 is 0 Å². The van der Waals surface area contributed by atoms with Crippen molar-refractivity contribution in [2.45, 2.75) is 6.92 Å². The molecule has 3 nitrogen and oxygen atoms in total. The van der Waals surface area contributed by atoms with Crippen LogP contribution < -0.4 is 5.73 Å². The van der Waals surface area contributed by atoms with Crippen LogP contribution in [0.4, 0.5) is 5.95 Å². The quantitative estimate of drug-likeness (QED) is 0.575. The van der Waals surface area contributed by atoms with Gasteiger partial charge in [0.05, 0.1) is 11.4 Å². The van der Waals surface area contributed by atoms with Gasteiger partial charge in [0.25, 0.3) is 0 Å². The van der Waals surface area contributed by atoms with Crippen LogP contribution in [0.15, 0.2) is 72.8 Å². The molecular formula is C21H17N3. The Bertz CT molecular complexity index is 1020. The maximum absolute atomic E-state index is 5.99.